The van der Waals surface area contributed by atoms with Gasteiger partial charge in [-0.3, -0.25) is 0 Å². The topological polar surface area (TPSA) is 61.8 Å². The fourth-order valence-corrected chi connectivity index (χ4v) is 2.08. The molecule has 0 amide bonds. The first-order valence-corrected chi connectivity index (χ1v) is 6.72. The van der Waals surface area contributed by atoms with Crippen molar-refractivity contribution in [3.05, 3.63) is 24.8 Å². The highest BCUT2D eigenvalue weighted by Crippen LogP contribution is 2.32. The number of esters is 2. The van der Waals surface area contributed by atoms with Crippen molar-refractivity contribution in [3.63, 3.8) is 0 Å². The fourth-order valence-electron chi connectivity index (χ4n) is 2.08. The summed E-state index contributed by atoms with van der Waals surface area (Å²) in [6, 6.07) is 0. The van der Waals surface area contributed by atoms with Crippen LogP contribution in [0.1, 0.15) is 32.6 Å². The molecular formula is C15H22O5. The molecule has 0 spiro atoms. The Morgan fingerprint density at radius 2 is 1.90 bits per heavy atom. The second-order valence-electron chi connectivity index (χ2n) is 5.11. The van der Waals surface area contributed by atoms with Gasteiger partial charge in [-0.05, 0) is 32.6 Å². The summed E-state index contributed by atoms with van der Waals surface area (Å²) in [6.07, 6.45) is 5.39. The van der Waals surface area contributed by atoms with E-state index in [2.05, 4.69) is 13.2 Å². The van der Waals surface area contributed by atoms with E-state index >= 15 is 0 Å². The number of carbonyl (C=O) groups excluding carboxylic acids is 2. The summed E-state index contributed by atoms with van der Waals surface area (Å²) in [5.74, 6) is -1.18. The molecule has 0 heterocycles. The molecule has 0 aliphatic heterocycles. The third-order valence-corrected chi connectivity index (χ3v) is 3.14. The molecule has 0 N–H and O–H groups in total. The lowest BCUT2D eigenvalue weighted by molar-refractivity contribution is -0.167. The number of hydrogen-bond acceptors (Lipinski definition) is 5. The molecule has 5 nitrogen and oxygen atoms in total. The van der Waals surface area contributed by atoms with Crippen molar-refractivity contribution >= 4 is 11.9 Å². The first-order chi connectivity index (χ1) is 9.47. The monoisotopic (exact) mass is 282 g/mol. The van der Waals surface area contributed by atoms with E-state index in [4.69, 9.17) is 14.2 Å². The minimum Gasteiger partial charge on any atom is -0.457 e. The average molecular weight is 282 g/mol. The molecule has 0 radical (unpaired) electrons. The van der Waals surface area contributed by atoms with Crippen LogP contribution in [-0.2, 0) is 23.8 Å². The van der Waals surface area contributed by atoms with Gasteiger partial charge in [-0.25, -0.2) is 9.59 Å². The van der Waals surface area contributed by atoms with Crippen LogP contribution in [0.4, 0.5) is 0 Å². The Bertz CT molecular complexity index is 380. The van der Waals surface area contributed by atoms with Crippen molar-refractivity contribution in [2.75, 3.05) is 19.8 Å². The molecule has 1 rings (SSSR count). The van der Waals surface area contributed by atoms with Crippen molar-refractivity contribution in [2.45, 2.75) is 38.2 Å². The summed E-state index contributed by atoms with van der Waals surface area (Å²) in [5, 5.41) is 0. The Hall–Kier alpha value is -1.62. The summed E-state index contributed by atoms with van der Waals surface area (Å²) in [5.41, 5.74) is -0.250. The molecule has 1 aliphatic carbocycles. The maximum absolute atomic E-state index is 11.6. The van der Waals surface area contributed by atoms with Gasteiger partial charge in [0.25, 0.3) is 0 Å². The van der Waals surface area contributed by atoms with E-state index in [9.17, 15) is 9.59 Å². The van der Waals surface area contributed by atoms with Crippen LogP contribution in [0, 0.1) is 0 Å². The largest absolute Gasteiger partial charge is 0.457 e. The van der Waals surface area contributed by atoms with Crippen LogP contribution < -0.4 is 0 Å². The molecule has 0 atom stereocenters. The molecule has 1 saturated carbocycles. The number of ether oxygens (including phenoxy) is 3. The summed E-state index contributed by atoms with van der Waals surface area (Å²) in [4.78, 5) is 23.1. The van der Waals surface area contributed by atoms with Crippen molar-refractivity contribution < 1.29 is 23.8 Å². The first kappa shape index (κ1) is 16.4. The Kier molecular flexibility index (Phi) is 6.45. The summed E-state index contributed by atoms with van der Waals surface area (Å²) in [6.45, 7) is 8.91. The highest BCUT2D eigenvalue weighted by Gasteiger charge is 2.32. The van der Waals surface area contributed by atoms with Crippen LogP contribution in [0.25, 0.3) is 0 Å². The molecular weight excluding hydrogens is 260 g/mol. The van der Waals surface area contributed by atoms with Gasteiger partial charge >= 0.3 is 11.9 Å². The van der Waals surface area contributed by atoms with Crippen molar-refractivity contribution in [1.29, 1.82) is 0 Å². The number of hydrogen-bond donors (Lipinski definition) is 0. The molecule has 1 fully saturated rings. The van der Waals surface area contributed by atoms with E-state index in [1.54, 1.807) is 6.08 Å². The maximum Gasteiger partial charge on any atom is 0.344 e. The predicted molar refractivity (Wildman–Crippen MR) is 74.1 cm³/mol. The van der Waals surface area contributed by atoms with E-state index in [1.165, 1.54) is 0 Å². The van der Waals surface area contributed by atoms with Crippen LogP contribution in [0.3, 0.4) is 0 Å². The molecule has 0 aromatic heterocycles. The highest BCUT2D eigenvalue weighted by molar-refractivity contribution is 5.89. The first-order valence-electron chi connectivity index (χ1n) is 6.72. The molecule has 0 saturated heterocycles. The Labute approximate surface area is 119 Å². The van der Waals surface area contributed by atoms with Gasteiger partial charge in [0.15, 0.2) is 6.61 Å². The second kappa shape index (κ2) is 7.85. The zero-order valence-corrected chi connectivity index (χ0v) is 12.0. The van der Waals surface area contributed by atoms with Crippen LogP contribution in [-0.4, -0.2) is 37.4 Å². The molecule has 0 aromatic rings. The van der Waals surface area contributed by atoms with Gasteiger partial charge < -0.3 is 14.2 Å². The van der Waals surface area contributed by atoms with Crippen molar-refractivity contribution in [2.24, 2.45) is 0 Å². The molecule has 1 aliphatic rings. The molecule has 112 valence electrons. The van der Waals surface area contributed by atoms with E-state index in [0.717, 1.165) is 25.7 Å². The molecule has 5 heteroatoms. The van der Waals surface area contributed by atoms with Crippen LogP contribution in [0.2, 0.25) is 0 Å². The van der Waals surface area contributed by atoms with Gasteiger partial charge in [-0.1, -0.05) is 12.7 Å². The van der Waals surface area contributed by atoms with E-state index in [-0.39, 0.29) is 12.2 Å². The van der Waals surface area contributed by atoms with Gasteiger partial charge in [0.2, 0.25) is 0 Å². The molecule has 0 bridgehead atoms. The second-order valence-corrected chi connectivity index (χ2v) is 5.11. The maximum atomic E-state index is 11.6. The lowest BCUT2D eigenvalue weighted by atomic mass is 10.1. The normalized spacial score (nSPS) is 16.4. The van der Waals surface area contributed by atoms with Gasteiger partial charge in [0.1, 0.15) is 5.60 Å². The summed E-state index contributed by atoms with van der Waals surface area (Å²) >= 11 is 0. The van der Waals surface area contributed by atoms with Gasteiger partial charge in [0, 0.05) is 0 Å². The van der Waals surface area contributed by atoms with Gasteiger partial charge in [0.05, 0.1) is 18.8 Å². The predicted octanol–water partition coefficient (Wildman–Crippen LogP) is 2.16. The van der Waals surface area contributed by atoms with Crippen LogP contribution in [0.5, 0.6) is 0 Å². The number of carbonyl (C=O) groups is 2. The minimum absolute atomic E-state index is 0.0532. The van der Waals surface area contributed by atoms with Gasteiger partial charge in [-0.2, -0.15) is 0 Å². The Morgan fingerprint density at radius 1 is 1.25 bits per heavy atom. The number of rotatable bonds is 8. The molecule has 0 aromatic carbocycles. The Balaban J connectivity index is 2.24. The standard InChI is InChI=1S/C15H22O5/c1-4-9-18-10-12(2)14(17)19-11-13(16)20-15(3)7-5-6-8-15/h4H,1-2,5-11H2,3H3. The Morgan fingerprint density at radius 3 is 2.50 bits per heavy atom. The van der Waals surface area contributed by atoms with Crippen molar-refractivity contribution in [3.8, 4) is 0 Å². The van der Waals surface area contributed by atoms with Crippen molar-refractivity contribution in [1.82, 2.24) is 0 Å². The van der Waals surface area contributed by atoms with E-state index in [1.807, 2.05) is 6.92 Å². The summed E-state index contributed by atoms with van der Waals surface area (Å²) < 4.78 is 15.2. The average Bonchev–Trinajstić information content (AvgIpc) is 2.82. The zero-order valence-electron chi connectivity index (χ0n) is 12.0. The molecule has 20 heavy (non-hydrogen) atoms. The summed E-state index contributed by atoms with van der Waals surface area (Å²) in [7, 11) is 0. The lowest BCUT2D eigenvalue weighted by Gasteiger charge is -2.23. The zero-order chi connectivity index (χ0) is 15.0. The molecule has 0 unspecified atom stereocenters. The van der Waals surface area contributed by atoms with Gasteiger partial charge in [-0.15, -0.1) is 6.58 Å². The van der Waals surface area contributed by atoms with Crippen LogP contribution >= 0.6 is 0 Å². The highest BCUT2D eigenvalue weighted by atomic mass is 16.6. The third-order valence-electron chi connectivity index (χ3n) is 3.14. The van der Waals surface area contributed by atoms with Crippen LogP contribution in [0.15, 0.2) is 24.8 Å². The van der Waals surface area contributed by atoms with E-state index < -0.39 is 24.1 Å². The lowest BCUT2D eigenvalue weighted by Crippen LogP contribution is -2.30. The smallest absolute Gasteiger partial charge is 0.344 e. The SMILES string of the molecule is C=CCOCC(=C)C(=O)OCC(=O)OC1(C)CCCC1. The minimum atomic E-state index is -0.650. The third kappa shape index (κ3) is 5.57. The van der Waals surface area contributed by atoms with E-state index in [0.29, 0.717) is 6.61 Å². The fraction of sp³-hybridized carbons (Fsp3) is 0.600. The quantitative estimate of drug-likeness (QED) is 0.295.